The minimum absolute atomic E-state index is 0.0590. The molecule has 0 atom stereocenters. The molecule has 2 amide bonds. The van der Waals surface area contributed by atoms with Gasteiger partial charge >= 0.3 is 0 Å². The highest BCUT2D eigenvalue weighted by Gasteiger charge is 2.20. The average Bonchev–Trinajstić information content (AvgIpc) is 2.70. The van der Waals surface area contributed by atoms with E-state index < -0.39 is 0 Å². The summed E-state index contributed by atoms with van der Waals surface area (Å²) in [5.41, 5.74) is 1.07. The van der Waals surface area contributed by atoms with Crippen LogP contribution in [-0.4, -0.2) is 64.5 Å². The highest BCUT2D eigenvalue weighted by atomic mass is 16.5. The lowest BCUT2D eigenvalue weighted by Gasteiger charge is -2.32. The molecule has 1 aliphatic rings. The van der Waals surface area contributed by atoms with Crippen molar-refractivity contribution in [3.05, 3.63) is 47.0 Å². The van der Waals surface area contributed by atoms with E-state index in [1.807, 2.05) is 31.2 Å². The van der Waals surface area contributed by atoms with Crippen LogP contribution < -0.4 is 10.3 Å². The third kappa shape index (κ3) is 4.52. The molecule has 1 aliphatic heterocycles. The van der Waals surface area contributed by atoms with E-state index in [1.54, 1.807) is 9.80 Å². The van der Waals surface area contributed by atoms with Crippen molar-refractivity contribution >= 4 is 12.3 Å². The number of benzene rings is 1. The third-order valence-corrected chi connectivity index (χ3v) is 4.46. The number of aromatic nitrogens is 2. The number of nitrogens with zero attached hydrogens (tertiary/aromatic N) is 4. The van der Waals surface area contributed by atoms with E-state index in [0.29, 0.717) is 38.5 Å². The van der Waals surface area contributed by atoms with Crippen LogP contribution >= 0.6 is 0 Å². The lowest BCUT2D eigenvalue weighted by atomic mass is 10.1. The van der Waals surface area contributed by atoms with Crippen LogP contribution in [0.3, 0.4) is 0 Å². The quantitative estimate of drug-likeness (QED) is 0.696. The van der Waals surface area contributed by atoms with Crippen LogP contribution in [0.4, 0.5) is 0 Å². The largest absolute Gasteiger partial charge is 0.494 e. The van der Waals surface area contributed by atoms with Crippen molar-refractivity contribution in [2.24, 2.45) is 0 Å². The smallest absolute Gasteiger partial charge is 0.254 e. The predicted molar refractivity (Wildman–Crippen MR) is 99.3 cm³/mol. The average molecular weight is 370 g/mol. The Balaban J connectivity index is 1.67. The Kier molecular flexibility index (Phi) is 5.85. The molecule has 0 N–H and O–H groups in total. The topological polar surface area (TPSA) is 84.7 Å². The number of carbonyl (C=O) groups excluding carboxylic acids is 2. The molecular weight excluding hydrogens is 348 g/mol. The molecule has 1 aromatic carbocycles. The van der Waals surface area contributed by atoms with Gasteiger partial charge in [-0.3, -0.25) is 19.0 Å². The second-order valence-corrected chi connectivity index (χ2v) is 6.22. The Morgan fingerprint density at radius 3 is 2.48 bits per heavy atom. The summed E-state index contributed by atoms with van der Waals surface area (Å²) in [6, 6.07) is 8.76. The summed E-state index contributed by atoms with van der Waals surface area (Å²) in [5.74, 6) is 0.605. The standard InChI is InChI=1S/C19H22N4O4/c1-2-27-16-5-3-15(4-6-16)17-11-18(25)23(13-20-17)12-19(26)22-9-7-21(14-24)8-10-22/h3-6,11,13-14H,2,7-10,12H2,1H3. The predicted octanol–water partition coefficient (Wildman–Crippen LogP) is 0.610. The molecule has 0 bridgehead atoms. The fourth-order valence-electron chi connectivity index (χ4n) is 2.91. The monoisotopic (exact) mass is 370 g/mol. The van der Waals surface area contributed by atoms with Gasteiger partial charge < -0.3 is 14.5 Å². The van der Waals surface area contributed by atoms with Gasteiger partial charge in [0.25, 0.3) is 5.56 Å². The van der Waals surface area contributed by atoms with Gasteiger partial charge in [0.1, 0.15) is 12.3 Å². The zero-order valence-corrected chi connectivity index (χ0v) is 15.2. The van der Waals surface area contributed by atoms with Crippen LogP contribution in [0.1, 0.15) is 6.92 Å². The summed E-state index contributed by atoms with van der Waals surface area (Å²) >= 11 is 0. The van der Waals surface area contributed by atoms with Crippen molar-refractivity contribution in [2.75, 3.05) is 32.8 Å². The normalized spacial score (nSPS) is 14.1. The minimum atomic E-state index is -0.284. The first-order valence-electron chi connectivity index (χ1n) is 8.87. The van der Waals surface area contributed by atoms with Crippen LogP contribution in [-0.2, 0) is 16.1 Å². The zero-order valence-electron chi connectivity index (χ0n) is 15.2. The number of ether oxygens (including phenoxy) is 1. The van der Waals surface area contributed by atoms with Crippen LogP contribution in [0.5, 0.6) is 5.75 Å². The number of amides is 2. The van der Waals surface area contributed by atoms with Crippen LogP contribution in [0.15, 0.2) is 41.5 Å². The van der Waals surface area contributed by atoms with E-state index in [1.165, 1.54) is 17.0 Å². The van der Waals surface area contributed by atoms with Crippen molar-refractivity contribution < 1.29 is 14.3 Å². The fourth-order valence-corrected chi connectivity index (χ4v) is 2.91. The maximum Gasteiger partial charge on any atom is 0.254 e. The Morgan fingerprint density at radius 2 is 1.89 bits per heavy atom. The lowest BCUT2D eigenvalue weighted by molar-refractivity contribution is -0.135. The van der Waals surface area contributed by atoms with Gasteiger partial charge in [0, 0.05) is 37.8 Å². The summed E-state index contributed by atoms with van der Waals surface area (Å²) in [6.45, 7) is 4.42. The molecule has 27 heavy (non-hydrogen) atoms. The van der Waals surface area contributed by atoms with E-state index in [4.69, 9.17) is 4.74 Å². The fraction of sp³-hybridized carbons (Fsp3) is 0.368. The summed E-state index contributed by atoms with van der Waals surface area (Å²) in [5, 5.41) is 0. The minimum Gasteiger partial charge on any atom is -0.494 e. The van der Waals surface area contributed by atoms with E-state index in [2.05, 4.69) is 4.98 Å². The van der Waals surface area contributed by atoms with Gasteiger partial charge in [-0.15, -0.1) is 0 Å². The Labute approximate surface area is 157 Å². The second kappa shape index (κ2) is 8.48. The van der Waals surface area contributed by atoms with Gasteiger partial charge in [0.2, 0.25) is 12.3 Å². The lowest BCUT2D eigenvalue weighted by Crippen LogP contribution is -2.49. The summed E-state index contributed by atoms with van der Waals surface area (Å²) in [7, 11) is 0. The number of hydrogen-bond acceptors (Lipinski definition) is 5. The molecule has 8 heteroatoms. The van der Waals surface area contributed by atoms with E-state index >= 15 is 0 Å². The molecule has 0 radical (unpaired) electrons. The molecule has 0 unspecified atom stereocenters. The van der Waals surface area contributed by atoms with Gasteiger partial charge in [0.15, 0.2) is 0 Å². The molecule has 1 saturated heterocycles. The molecule has 0 saturated carbocycles. The summed E-state index contributed by atoms with van der Waals surface area (Å²) < 4.78 is 6.70. The van der Waals surface area contributed by atoms with Crippen LogP contribution in [0, 0.1) is 0 Å². The third-order valence-electron chi connectivity index (χ3n) is 4.46. The van der Waals surface area contributed by atoms with Crippen molar-refractivity contribution in [2.45, 2.75) is 13.5 Å². The molecule has 0 spiro atoms. The van der Waals surface area contributed by atoms with Crippen molar-refractivity contribution in [1.82, 2.24) is 19.4 Å². The molecule has 0 aliphatic carbocycles. The molecular formula is C19H22N4O4. The maximum absolute atomic E-state index is 12.4. The van der Waals surface area contributed by atoms with Gasteiger partial charge in [-0.25, -0.2) is 4.98 Å². The maximum atomic E-state index is 12.4. The molecule has 2 heterocycles. The number of carbonyl (C=O) groups is 2. The Bertz CT molecular complexity index is 855. The molecule has 3 rings (SSSR count). The SMILES string of the molecule is CCOc1ccc(-c2cc(=O)n(CC(=O)N3CCN(C=O)CC3)cn2)cc1. The van der Waals surface area contributed by atoms with Crippen LogP contribution in [0.2, 0.25) is 0 Å². The van der Waals surface area contributed by atoms with Gasteiger partial charge in [0.05, 0.1) is 18.6 Å². The van der Waals surface area contributed by atoms with E-state index in [-0.39, 0.29) is 18.0 Å². The van der Waals surface area contributed by atoms with Crippen molar-refractivity contribution in [1.29, 1.82) is 0 Å². The Morgan fingerprint density at radius 1 is 1.19 bits per heavy atom. The first-order valence-corrected chi connectivity index (χ1v) is 8.87. The molecule has 142 valence electrons. The van der Waals surface area contributed by atoms with Gasteiger partial charge in [-0.1, -0.05) is 0 Å². The molecule has 8 nitrogen and oxygen atoms in total. The second-order valence-electron chi connectivity index (χ2n) is 6.22. The molecule has 1 aromatic heterocycles. The summed E-state index contributed by atoms with van der Waals surface area (Å²) in [4.78, 5) is 43.1. The van der Waals surface area contributed by atoms with Gasteiger partial charge in [-0.05, 0) is 31.2 Å². The molecule has 2 aromatic rings. The number of rotatable bonds is 6. The van der Waals surface area contributed by atoms with E-state index in [9.17, 15) is 14.4 Å². The van der Waals surface area contributed by atoms with Crippen molar-refractivity contribution in [3.63, 3.8) is 0 Å². The number of hydrogen-bond donors (Lipinski definition) is 0. The van der Waals surface area contributed by atoms with Crippen molar-refractivity contribution in [3.8, 4) is 17.0 Å². The number of piperazine rings is 1. The highest BCUT2D eigenvalue weighted by Crippen LogP contribution is 2.19. The first-order chi connectivity index (χ1) is 13.1. The molecule has 1 fully saturated rings. The highest BCUT2D eigenvalue weighted by molar-refractivity contribution is 5.76. The summed E-state index contributed by atoms with van der Waals surface area (Å²) in [6.07, 6.45) is 2.18. The van der Waals surface area contributed by atoms with Gasteiger partial charge in [-0.2, -0.15) is 0 Å². The first kappa shape index (κ1) is 18.6. The Hall–Kier alpha value is -3.16. The zero-order chi connectivity index (χ0) is 19.2. The van der Waals surface area contributed by atoms with Crippen LogP contribution in [0.25, 0.3) is 11.3 Å². The van der Waals surface area contributed by atoms with E-state index in [0.717, 1.165) is 17.7 Å².